The van der Waals surface area contributed by atoms with Crippen molar-refractivity contribution in [1.29, 1.82) is 0 Å². The van der Waals surface area contributed by atoms with Gasteiger partial charge in [0.05, 0.1) is 22.2 Å². The van der Waals surface area contributed by atoms with E-state index < -0.39 is 34.3 Å². The summed E-state index contributed by atoms with van der Waals surface area (Å²) in [7, 11) is 0. The van der Waals surface area contributed by atoms with E-state index in [9.17, 15) is 19.8 Å². The van der Waals surface area contributed by atoms with Gasteiger partial charge in [-0.2, -0.15) is 5.10 Å². The van der Waals surface area contributed by atoms with Gasteiger partial charge < -0.3 is 15.9 Å². The fraction of sp³-hybridized carbons (Fsp3) is 0.737. The molecule has 4 saturated carbocycles. The molecule has 5 unspecified atom stereocenters. The maximum atomic E-state index is 12.6. The second-order valence-electron chi connectivity index (χ2n) is 9.81. The molecule has 5 rings (SSSR count). The van der Waals surface area contributed by atoms with Crippen LogP contribution in [0, 0.1) is 17.3 Å². The van der Waals surface area contributed by atoms with Gasteiger partial charge >= 0.3 is 5.97 Å². The first-order valence-electron chi connectivity index (χ1n) is 9.42. The Morgan fingerprint density at radius 3 is 2.48 bits per heavy atom. The van der Waals surface area contributed by atoms with Crippen molar-refractivity contribution in [3.8, 4) is 0 Å². The number of carboxylic acids is 1. The fourth-order valence-electron chi connectivity index (χ4n) is 6.22. The van der Waals surface area contributed by atoms with Crippen LogP contribution in [-0.4, -0.2) is 37.5 Å². The van der Waals surface area contributed by atoms with E-state index in [2.05, 4.69) is 5.10 Å². The molecule has 1 amide bonds. The predicted octanol–water partition coefficient (Wildman–Crippen LogP) is 2.50. The number of carbonyl (C=O) groups excluding carboxylic acids is 1. The van der Waals surface area contributed by atoms with E-state index in [0.29, 0.717) is 25.0 Å². The number of halogens is 1. The van der Waals surface area contributed by atoms with Crippen molar-refractivity contribution in [1.82, 2.24) is 9.78 Å². The number of rotatable bonds is 3. The number of hydrogen-bond acceptors (Lipinski definition) is 4. The second-order valence-corrected chi connectivity index (χ2v) is 10.2. The molecule has 7 nitrogen and oxygen atoms in total. The minimum absolute atomic E-state index is 0.0266. The quantitative estimate of drug-likeness (QED) is 0.726. The third-order valence-corrected chi connectivity index (χ3v) is 7.15. The minimum atomic E-state index is -1.15. The van der Waals surface area contributed by atoms with Crippen LogP contribution in [0.4, 0.5) is 0 Å². The van der Waals surface area contributed by atoms with Gasteiger partial charge in [0, 0.05) is 5.92 Å². The molecule has 0 spiro atoms. The Balaban J connectivity index is 1.93. The van der Waals surface area contributed by atoms with Crippen molar-refractivity contribution in [2.45, 2.75) is 69.9 Å². The number of nitrogens with zero attached hydrogens (tertiary/aromatic N) is 2. The molecule has 4 fully saturated rings. The summed E-state index contributed by atoms with van der Waals surface area (Å²) in [6, 6.07) is 0. The molecule has 4 bridgehead atoms. The van der Waals surface area contributed by atoms with Crippen LogP contribution in [0.3, 0.4) is 0 Å². The van der Waals surface area contributed by atoms with Crippen LogP contribution in [0.5, 0.6) is 0 Å². The largest absolute Gasteiger partial charge is 0.478 e. The highest BCUT2D eigenvalue weighted by Gasteiger charge is 2.66. The molecule has 27 heavy (non-hydrogen) atoms. The molecule has 0 saturated heterocycles. The maximum absolute atomic E-state index is 12.6. The number of nitrogens with two attached hydrogens (primary N) is 1. The Kier molecular flexibility index (Phi) is 3.80. The lowest BCUT2D eigenvalue weighted by atomic mass is 9.42. The zero-order chi connectivity index (χ0) is 19.9. The molecule has 0 aromatic carbocycles. The zero-order valence-corrected chi connectivity index (χ0v) is 16.6. The molecule has 148 valence electrons. The SMILES string of the molecule is CC(C)(C)n1nc(C2C3CC4CC(O)(C3)CC2(C(N)=O)C4)c(C(=O)O)c1Cl. The summed E-state index contributed by atoms with van der Waals surface area (Å²) >= 11 is 6.43. The molecule has 4 aliphatic rings. The van der Waals surface area contributed by atoms with E-state index in [1.54, 1.807) is 0 Å². The van der Waals surface area contributed by atoms with Crippen LogP contribution < -0.4 is 5.73 Å². The summed E-state index contributed by atoms with van der Waals surface area (Å²) in [5.74, 6) is -1.85. The minimum Gasteiger partial charge on any atom is -0.478 e. The van der Waals surface area contributed by atoms with Crippen LogP contribution >= 0.6 is 11.6 Å². The third kappa shape index (κ3) is 2.54. The first kappa shape index (κ1) is 18.7. The Bertz CT molecular complexity index is 845. The molecule has 5 atom stereocenters. The number of primary amides is 1. The lowest BCUT2D eigenvalue weighted by molar-refractivity contribution is -0.185. The first-order chi connectivity index (χ1) is 12.4. The average molecular weight is 396 g/mol. The van der Waals surface area contributed by atoms with Gasteiger partial charge in [-0.15, -0.1) is 0 Å². The first-order valence-corrected chi connectivity index (χ1v) is 9.80. The number of hydrogen-bond donors (Lipinski definition) is 3. The maximum Gasteiger partial charge on any atom is 0.340 e. The highest BCUT2D eigenvalue weighted by molar-refractivity contribution is 6.32. The van der Waals surface area contributed by atoms with Gasteiger partial charge in [0.1, 0.15) is 10.7 Å². The molecular weight excluding hydrogens is 370 g/mol. The molecule has 1 aromatic rings. The van der Waals surface area contributed by atoms with Gasteiger partial charge in [-0.05, 0) is 64.7 Å². The molecule has 4 aliphatic carbocycles. The number of carbonyl (C=O) groups is 2. The average Bonchev–Trinajstić information content (AvgIpc) is 2.82. The summed E-state index contributed by atoms with van der Waals surface area (Å²) in [5.41, 5.74) is 3.80. The van der Waals surface area contributed by atoms with Gasteiger partial charge in [0.25, 0.3) is 0 Å². The zero-order valence-electron chi connectivity index (χ0n) is 15.8. The summed E-state index contributed by atoms with van der Waals surface area (Å²) in [4.78, 5) is 24.7. The van der Waals surface area contributed by atoms with Crippen molar-refractivity contribution in [3.63, 3.8) is 0 Å². The van der Waals surface area contributed by atoms with Crippen molar-refractivity contribution >= 4 is 23.5 Å². The molecule has 4 N–H and O–H groups in total. The number of aliphatic hydroxyl groups is 1. The fourth-order valence-corrected chi connectivity index (χ4v) is 6.69. The Morgan fingerprint density at radius 1 is 1.30 bits per heavy atom. The topological polar surface area (TPSA) is 118 Å². The van der Waals surface area contributed by atoms with E-state index in [-0.39, 0.29) is 29.0 Å². The van der Waals surface area contributed by atoms with Crippen LogP contribution in [0.1, 0.15) is 74.8 Å². The van der Waals surface area contributed by atoms with Crippen LogP contribution in [-0.2, 0) is 10.3 Å². The summed E-state index contributed by atoms with van der Waals surface area (Å²) in [6.45, 7) is 5.68. The second kappa shape index (κ2) is 5.47. The number of aromatic carboxylic acids is 1. The van der Waals surface area contributed by atoms with Gasteiger partial charge in [0.15, 0.2) is 0 Å². The standard InChI is InChI=1S/C19H26ClN3O4/c1-17(2,3)23-14(20)11(15(24)25)13(22-23)12-10-4-9-5-18(27,7-10)8-19(12,6-9)16(21)26/h9-10,12,27H,4-8H2,1-3H3,(H2,21,26)(H,24,25). The predicted molar refractivity (Wildman–Crippen MR) is 98.6 cm³/mol. The van der Waals surface area contributed by atoms with E-state index in [1.165, 1.54) is 4.68 Å². The summed E-state index contributed by atoms with van der Waals surface area (Å²) < 4.78 is 1.52. The van der Waals surface area contributed by atoms with Crippen molar-refractivity contribution < 1.29 is 19.8 Å². The van der Waals surface area contributed by atoms with Crippen LogP contribution in [0.25, 0.3) is 0 Å². The Labute approximate surface area is 162 Å². The lowest BCUT2D eigenvalue weighted by Crippen LogP contribution is -2.63. The van der Waals surface area contributed by atoms with Gasteiger partial charge in [-0.1, -0.05) is 11.6 Å². The Hall–Kier alpha value is -1.60. The van der Waals surface area contributed by atoms with Gasteiger partial charge in [-0.3, -0.25) is 4.79 Å². The number of amides is 1. The van der Waals surface area contributed by atoms with E-state index in [0.717, 1.165) is 6.42 Å². The normalized spacial score (nSPS) is 37.6. The molecule has 1 heterocycles. The molecular formula is C19H26ClN3O4. The van der Waals surface area contributed by atoms with Gasteiger partial charge in [-0.25, -0.2) is 9.48 Å². The van der Waals surface area contributed by atoms with Crippen LogP contribution in [0.15, 0.2) is 0 Å². The van der Waals surface area contributed by atoms with E-state index >= 15 is 0 Å². The van der Waals surface area contributed by atoms with Gasteiger partial charge in [0.2, 0.25) is 5.91 Å². The monoisotopic (exact) mass is 395 g/mol. The highest BCUT2D eigenvalue weighted by Crippen LogP contribution is 2.67. The summed E-state index contributed by atoms with van der Waals surface area (Å²) in [5, 5.41) is 25.5. The molecule has 8 heteroatoms. The number of aromatic nitrogens is 2. The molecule has 0 radical (unpaired) electrons. The van der Waals surface area contributed by atoms with Crippen molar-refractivity contribution in [3.05, 3.63) is 16.4 Å². The van der Waals surface area contributed by atoms with E-state index in [4.69, 9.17) is 17.3 Å². The van der Waals surface area contributed by atoms with Crippen LogP contribution in [0.2, 0.25) is 5.15 Å². The molecule has 0 aliphatic heterocycles. The summed E-state index contributed by atoms with van der Waals surface area (Å²) in [6.07, 6.45) is 2.93. The Morgan fingerprint density at radius 2 is 1.96 bits per heavy atom. The lowest BCUT2D eigenvalue weighted by Gasteiger charge is -2.62. The number of carboxylic acid groups (broad SMARTS) is 1. The third-order valence-electron chi connectivity index (χ3n) is 6.80. The van der Waals surface area contributed by atoms with Crippen molar-refractivity contribution in [2.75, 3.05) is 0 Å². The highest BCUT2D eigenvalue weighted by atomic mass is 35.5. The van der Waals surface area contributed by atoms with Crippen molar-refractivity contribution in [2.24, 2.45) is 23.0 Å². The van der Waals surface area contributed by atoms with E-state index in [1.807, 2.05) is 20.8 Å². The molecule has 1 aromatic heterocycles. The smallest absolute Gasteiger partial charge is 0.340 e.